The number of anilines is 1. The van der Waals surface area contributed by atoms with Gasteiger partial charge >= 0.3 is 0 Å². The number of carbonyl (C=O) groups excluding carboxylic acids is 1. The molecule has 2 heterocycles. The smallest absolute Gasteiger partial charge is 0.239 e. The van der Waals surface area contributed by atoms with E-state index in [0.29, 0.717) is 18.1 Å². The van der Waals surface area contributed by atoms with E-state index in [2.05, 4.69) is 10.2 Å². The summed E-state index contributed by atoms with van der Waals surface area (Å²) in [6, 6.07) is 4.44. The SMILES string of the molecule is Cl.O=C(C1CCCN1)N1CCN(c2ccc(F)cc2Cl)CC1. The Morgan fingerprint density at radius 1 is 1.27 bits per heavy atom. The fraction of sp³-hybridized carbons (Fsp3) is 0.533. The second-order valence-electron chi connectivity index (χ2n) is 5.56. The predicted molar refractivity (Wildman–Crippen MR) is 88.5 cm³/mol. The van der Waals surface area contributed by atoms with Gasteiger partial charge in [-0.25, -0.2) is 4.39 Å². The molecule has 0 spiro atoms. The number of hydrogen-bond acceptors (Lipinski definition) is 3. The normalized spacial score (nSPS) is 21.6. The van der Waals surface area contributed by atoms with Gasteiger partial charge < -0.3 is 15.1 Å². The van der Waals surface area contributed by atoms with Gasteiger partial charge in [-0.05, 0) is 37.6 Å². The van der Waals surface area contributed by atoms with Crippen molar-refractivity contribution in [1.29, 1.82) is 0 Å². The van der Waals surface area contributed by atoms with Gasteiger partial charge in [-0.15, -0.1) is 12.4 Å². The van der Waals surface area contributed by atoms with E-state index in [-0.39, 0.29) is 30.2 Å². The zero-order chi connectivity index (χ0) is 14.8. The van der Waals surface area contributed by atoms with E-state index in [9.17, 15) is 9.18 Å². The van der Waals surface area contributed by atoms with Gasteiger partial charge in [0.05, 0.1) is 16.8 Å². The molecule has 0 saturated carbocycles. The fourth-order valence-electron chi connectivity index (χ4n) is 3.02. The molecule has 122 valence electrons. The molecule has 1 unspecified atom stereocenters. The molecule has 4 nitrogen and oxygen atoms in total. The van der Waals surface area contributed by atoms with Crippen LogP contribution in [0.25, 0.3) is 0 Å². The number of piperazine rings is 1. The van der Waals surface area contributed by atoms with Gasteiger partial charge in [0.25, 0.3) is 0 Å². The summed E-state index contributed by atoms with van der Waals surface area (Å²) in [5.74, 6) is -0.123. The van der Waals surface area contributed by atoms with Gasteiger partial charge in [-0.3, -0.25) is 4.79 Å². The summed E-state index contributed by atoms with van der Waals surface area (Å²) < 4.78 is 13.1. The van der Waals surface area contributed by atoms with E-state index in [1.54, 1.807) is 6.07 Å². The average Bonchev–Trinajstić information content (AvgIpc) is 3.01. The van der Waals surface area contributed by atoms with Crippen molar-refractivity contribution < 1.29 is 9.18 Å². The average molecular weight is 348 g/mol. The Kier molecular flexibility index (Phi) is 5.89. The number of benzene rings is 1. The second-order valence-corrected chi connectivity index (χ2v) is 5.96. The van der Waals surface area contributed by atoms with Gasteiger partial charge in [-0.1, -0.05) is 11.6 Å². The molecule has 2 aliphatic heterocycles. The molecule has 2 fully saturated rings. The first-order chi connectivity index (χ1) is 10.1. The van der Waals surface area contributed by atoms with Crippen LogP contribution in [-0.4, -0.2) is 49.6 Å². The highest BCUT2D eigenvalue weighted by molar-refractivity contribution is 6.33. The summed E-state index contributed by atoms with van der Waals surface area (Å²) in [6.45, 7) is 3.75. The lowest BCUT2D eigenvalue weighted by atomic mass is 10.1. The quantitative estimate of drug-likeness (QED) is 0.891. The van der Waals surface area contributed by atoms with Gasteiger partial charge in [0.2, 0.25) is 5.91 Å². The Morgan fingerprint density at radius 3 is 2.59 bits per heavy atom. The van der Waals surface area contributed by atoms with Gasteiger partial charge in [0, 0.05) is 26.2 Å². The summed E-state index contributed by atoms with van der Waals surface area (Å²) in [6.07, 6.45) is 2.00. The molecule has 1 amide bonds. The third-order valence-electron chi connectivity index (χ3n) is 4.20. The van der Waals surface area contributed by atoms with Crippen LogP contribution in [0.1, 0.15) is 12.8 Å². The first-order valence-electron chi connectivity index (χ1n) is 7.37. The lowest BCUT2D eigenvalue weighted by Crippen LogP contribution is -2.53. The molecular formula is C15H20Cl2FN3O. The van der Waals surface area contributed by atoms with Crippen LogP contribution in [0.15, 0.2) is 18.2 Å². The molecule has 22 heavy (non-hydrogen) atoms. The number of rotatable bonds is 2. The number of nitrogens with zero attached hydrogens (tertiary/aromatic N) is 2. The Bertz CT molecular complexity index is 530. The lowest BCUT2D eigenvalue weighted by Gasteiger charge is -2.37. The summed E-state index contributed by atoms with van der Waals surface area (Å²) >= 11 is 6.09. The maximum atomic E-state index is 13.1. The fourth-order valence-corrected chi connectivity index (χ4v) is 3.31. The van der Waals surface area contributed by atoms with Crippen molar-refractivity contribution in [3.05, 3.63) is 29.0 Å². The highest BCUT2D eigenvalue weighted by atomic mass is 35.5. The molecule has 1 N–H and O–H groups in total. The Hall–Kier alpha value is -1.04. The van der Waals surface area contributed by atoms with E-state index in [1.807, 2.05) is 4.90 Å². The Labute approximate surface area is 141 Å². The molecule has 3 rings (SSSR count). The van der Waals surface area contributed by atoms with Crippen LogP contribution in [0.2, 0.25) is 5.02 Å². The van der Waals surface area contributed by atoms with Crippen LogP contribution in [0.5, 0.6) is 0 Å². The van der Waals surface area contributed by atoms with Crippen LogP contribution >= 0.6 is 24.0 Å². The topological polar surface area (TPSA) is 35.6 Å². The highest BCUT2D eigenvalue weighted by Gasteiger charge is 2.29. The van der Waals surface area contributed by atoms with Crippen LogP contribution in [-0.2, 0) is 4.79 Å². The van der Waals surface area contributed by atoms with Gasteiger partial charge in [0.15, 0.2) is 0 Å². The summed E-state index contributed by atoms with van der Waals surface area (Å²) in [4.78, 5) is 16.3. The van der Waals surface area contributed by atoms with Crippen molar-refractivity contribution in [2.75, 3.05) is 37.6 Å². The number of halogens is 3. The Morgan fingerprint density at radius 2 is 2.00 bits per heavy atom. The van der Waals surface area contributed by atoms with Crippen molar-refractivity contribution in [1.82, 2.24) is 10.2 Å². The highest BCUT2D eigenvalue weighted by Crippen LogP contribution is 2.27. The molecule has 1 atom stereocenters. The standard InChI is InChI=1S/C15H19ClFN3O.ClH/c16-12-10-11(17)3-4-14(12)19-6-8-20(9-7-19)15(21)13-2-1-5-18-13;/h3-4,10,13,18H,1-2,5-9H2;1H. The lowest BCUT2D eigenvalue weighted by molar-refractivity contribution is -0.133. The summed E-state index contributed by atoms with van der Waals surface area (Å²) in [7, 11) is 0. The number of nitrogens with one attached hydrogen (secondary N) is 1. The Balaban J connectivity index is 0.00000176. The van der Waals surface area contributed by atoms with Gasteiger partial charge in [0.1, 0.15) is 5.82 Å². The van der Waals surface area contributed by atoms with Crippen LogP contribution in [0.3, 0.4) is 0 Å². The largest absolute Gasteiger partial charge is 0.367 e. The van der Waals surface area contributed by atoms with E-state index in [4.69, 9.17) is 11.6 Å². The zero-order valence-electron chi connectivity index (χ0n) is 12.2. The summed E-state index contributed by atoms with van der Waals surface area (Å²) in [5, 5.41) is 3.67. The molecule has 2 aliphatic rings. The van der Waals surface area contributed by atoms with Crippen LogP contribution < -0.4 is 10.2 Å². The monoisotopic (exact) mass is 347 g/mol. The molecule has 2 saturated heterocycles. The molecule has 1 aromatic rings. The number of amides is 1. The third kappa shape index (κ3) is 3.65. The first kappa shape index (κ1) is 17.3. The van der Waals surface area contributed by atoms with Crippen LogP contribution in [0.4, 0.5) is 10.1 Å². The minimum Gasteiger partial charge on any atom is -0.367 e. The summed E-state index contributed by atoms with van der Waals surface area (Å²) in [5.41, 5.74) is 0.837. The van der Waals surface area contributed by atoms with E-state index >= 15 is 0 Å². The minimum absolute atomic E-state index is 0. The van der Waals surface area contributed by atoms with Crippen LogP contribution in [0, 0.1) is 5.82 Å². The van der Waals surface area contributed by atoms with Crippen molar-refractivity contribution >= 4 is 35.6 Å². The zero-order valence-corrected chi connectivity index (χ0v) is 13.8. The maximum Gasteiger partial charge on any atom is 0.239 e. The molecule has 0 bridgehead atoms. The van der Waals surface area contributed by atoms with Gasteiger partial charge in [-0.2, -0.15) is 0 Å². The maximum absolute atomic E-state index is 13.1. The molecule has 1 aromatic carbocycles. The van der Waals surface area contributed by atoms with E-state index in [0.717, 1.165) is 38.2 Å². The molecule has 0 aliphatic carbocycles. The van der Waals surface area contributed by atoms with Crippen molar-refractivity contribution in [3.8, 4) is 0 Å². The molecular weight excluding hydrogens is 328 g/mol. The molecule has 7 heteroatoms. The predicted octanol–water partition coefficient (Wildman–Crippen LogP) is 2.30. The minimum atomic E-state index is -0.329. The van der Waals surface area contributed by atoms with Crippen molar-refractivity contribution in [2.24, 2.45) is 0 Å². The van der Waals surface area contributed by atoms with Crippen molar-refractivity contribution in [3.63, 3.8) is 0 Å². The molecule has 0 aromatic heterocycles. The second kappa shape index (κ2) is 7.49. The first-order valence-corrected chi connectivity index (χ1v) is 7.75. The van der Waals surface area contributed by atoms with E-state index in [1.165, 1.54) is 12.1 Å². The molecule has 0 radical (unpaired) electrons. The number of hydrogen-bond donors (Lipinski definition) is 1. The van der Waals surface area contributed by atoms with E-state index < -0.39 is 0 Å². The number of carbonyl (C=O) groups is 1. The van der Waals surface area contributed by atoms with Crippen molar-refractivity contribution in [2.45, 2.75) is 18.9 Å². The third-order valence-corrected chi connectivity index (χ3v) is 4.50.